The van der Waals surface area contributed by atoms with Gasteiger partial charge in [0, 0.05) is 35.3 Å². The van der Waals surface area contributed by atoms with E-state index in [2.05, 4.69) is 9.88 Å². The highest BCUT2D eigenvalue weighted by Crippen LogP contribution is 2.35. The smallest absolute Gasteiger partial charge is 0.308 e. The minimum Gasteiger partial charge on any atom is -0.497 e. The van der Waals surface area contributed by atoms with Crippen LogP contribution in [0.15, 0.2) is 58.4 Å². The first-order chi connectivity index (χ1) is 16.0. The summed E-state index contributed by atoms with van der Waals surface area (Å²) in [6.07, 6.45) is 5.41. The first-order valence-electron chi connectivity index (χ1n) is 11.2. The van der Waals surface area contributed by atoms with Crippen LogP contribution in [0.5, 0.6) is 5.75 Å². The molecular weight excluding hydrogens is 443 g/mol. The quantitative estimate of drug-likeness (QED) is 0.394. The van der Waals surface area contributed by atoms with E-state index in [0.717, 1.165) is 41.1 Å². The highest BCUT2D eigenvalue weighted by molar-refractivity contribution is 7.99. The van der Waals surface area contributed by atoms with E-state index in [4.69, 9.17) is 9.15 Å². The van der Waals surface area contributed by atoms with Gasteiger partial charge in [-0.05, 0) is 67.6 Å². The van der Waals surface area contributed by atoms with Crippen molar-refractivity contribution in [1.82, 2.24) is 9.88 Å². The van der Waals surface area contributed by atoms with Crippen LogP contribution in [0, 0.1) is 11.8 Å². The van der Waals surface area contributed by atoms with E-state index in [-0.39, 0.29) is 5.92 Å². The number of furan rings is 1. The molecule has 0 radical (unpaired) electrons. The molecule has 6 nitrogen and oxygen atoms in total. The second-order valence-electron chi connectivity index (χ2n) is 8.43. The molecule has 176 valence electrons. The largest absolute Gasteiger partial charge is 0.497 e. The number of thioether (sulfide) groups is 1. The zero-order valence-corrected chi connectivity index (χ0v) is 19.5. The van der Waals surface area contributed by atoms with E-state index in [1.165, 1.54) is 0 Å². The third-order valence-corrected chi connectivity index (χ3v) is 7.39. The number of carbonyl (C=O) groups is 1. The molecule has 3 heterocycles. The minimum atomic E-state index is -1.18. The molecule has 3 atom stereocenters. The van der Waals surface area contributed by atoms with Crippen LogP contribution in [-0.4, -0.2) is 53.5 Å². The van der Waals surface area contributed by atoms with Crippen molar-refractivity contribution in [3.63, 3.8) is 0 Å². The summed E-state index contributed by atoms with van der Waals surface area (Å²) in [5.74, 6) is 0.247. The van der Waals surface area contributed by atoms with Gasteiger partial charge in [-0.15, -0.1) is 11.8 Å². The van der Waals surface area contributed by atoms with Gasteiger partial charge in [-0.3, -0.25) is 9.78 Å². The standard InChI is InChI=1S/C25H29FN2O4S/c1-31-18-3-5-24-21(14-18)20(6-9-27-24)23(26)4-2-17-7-10-28(15-22(17)25(29)30)11-13-33-19-8-12-32-16-19/h3,5-6,8-9,12,14,16-17,22-23H,2,4,7,10-11,13,15H2,1H3,(H,29,30)/t17-,22+,23?/m1/s1. The number of piperidine rings is 1. The SMILES string of the molecule is COc1ccc2nccc(C(F)CC[C@@H]3CCN(CCSc4ccoc4)C[C@@H]3C(=O)O)c2c1. The van der Waals surface area contributed by atoms with Crippen LogP contribution >= 0.6 is 11.8 Å². The Morgan fingerprint density at radius 2 is 2.27 bits per heavy atom. The Morgan fingerprint density at radius 3 is 3.03 bits per heavy atom. The number of nitrogens with zero attached hydrogens (tertiary/aromatic N) is 2. The Bertz CT molecular complexity index is 1060. The molecule has 33 heavy (non-hydrogen) atoms. The van der Waals surface area contributed by atoms with E-state index in [1.807, 2.05) is 24.3 Å². The topological polar surface area (TPSA) is 75.8 Å². The lowest BCUT2D eigenvalue weighted by Crippen LogP contribution is -2.44. The fourth-order valence-corrected chi connectivity index (χ4v) is 5.45. The van der Waals surface area contributed by atoms with E-state index < -0.39 is 18.1 Å². The van der Waals surface area contributed by atoms with Gasteiger partial charge < -0.3 is 19.2 Å². The number of hydrogen-bond donors (Lipinski definition) is 1. The molecule has 0 amide bonds. The lowest BCUT2D eigenvalue weighted by molar-refractivity contribution is -0.146. The first kappa shape index (κ1) is 23.6. The van der Waals surface area contributed by atoms with E-state index >= 15 is 4.39 Å². The Morgan fingerprint density at radius 1 is 1.39 bits per heavy atom. The second kappa shape index (κ2) is 11.0. The van der Waals surface area contributed by atoms with E-state index in [9.17, 15) is 9.90 Å². The van der Waals surface area contributed by atoms with Gasteiger partial charge in [0.2, 0.25) is 0 Å². The summed E-state index contributed by atoms with van der Waals surface area (Å²) in [5.41, 5.74) is 1.31. The number of likely N-dealkylation sites (tertiary alicyclic amines) is 1. The monoisotopic (exact) mass is 472 g/mol. The first-order valence-corrected chi connectivity index (χ1v) is 12.2. The Balaban J connectivity index is 1.34. The van der Waals surface area contributed by atoms with Gasteiger partial charge in [-0.25, -0.2) is 4.39 Å². The third kappa shape index (κ3) is 5.86. The molecule has 1 saturated heterocycles. The molecule has 0 aliphatic carbocycles. The number of methoxy groups -OCH3 is 1. The molecule has 8 heteroatoms. The van der Waals surface area contributed by atoms with Gasteiger partial charge in [0.25, 0.3) is 0 Å². The number of hydrogen-bond acceptors (Lipinski definition) is 6. The van der Waals surface area contributed by atoms with Gasteiger partial charge in [0.05, 0.1) is 24.8 Å². The maximum absolute atomic E-state index is 15.3. The molecule has 1 aromatic carbocycles. The van der Waals surface area contributed by atoms with Crippen LogP contribution in [0.4, 0.5) is 4.39 Å². The average molecular weight is 473 g/mol. The fraction of sp³-hybridized carbons (Fsp3) is 0.440. The number of benzene rings is 1. The Hall–Kier alpha value is -2.58. The van der Waals surface area contributed by atoms with Gasteiger partial charge in [0.1, 0.15) is 18.2 Å². The summed E-state index contributed by atoms with van der Waals surface area (Å²) >= 11 is 1.70. The molecule has 0 saturated carbocycles. The predicted octanol–water partition coefficient (Wildman–Crippen LogP) is 5.44. The molecule has 3 aromatic rings. The predicted molar refractivity (Wildman–Crippen MR) is 126 cm³/mol. The summed E-state index contributed by atoms with van der Waals surface area (Å²) in [4.78, 5) is 19.6. The fourth-order valence-electron chi connectivity index (χ4n) is 4.59. The summed E-state index contributed by atoms with van der Waals surface area (Å²) in [5, 5.41) is 10.6. The van der Waals surface area contributed by atoms with Crippen molar-refractivity contribution in [2.24, 2.45) is 11.8 Å². The van der Waals surface area contributed by atoms with Crippen molar-refractivity contribution in [2.75, 3.05) is 32.5 Å². The maximum atomic E-state index is 15.3. The van der Waals surface area contributed by atoms with Crippen molar-refractivity contribution in [1.29, 1.82) is 0 Å². The van der Waals surface area contributed by atoms with Crippen molar-refractivity contribution >= 4 is 28.6 Å². The van der Waals surface area contributed by atoms with Crippen molar-refractivity contribution < 1.29 is 23.4 Å². The number of halogens is 1. The molecule has 1 aliphatic heterocycles. The maximum Gasteiger partial charge on any atom is 0.308 e. The average Bonchev–Trinajstić information content (AvgIpc) is 3.35. The van der Waals surface area contributed by atoms with Crippen LogP contribution in [0.3, 0.4) is 0 Å². The number of carboxylic acids is 1. The number of pyridine rings is 1. The molecule has 1 N–H and O–H groups in total. The minimum absolute atomic E-state index is 0.0267. The Labute approximate surface area is 197 Å². The van der Waals surface area contributed by atoms with Gasteiger partial charge in [0.15, 0.2) is 0 Å². The van der Waals surface area contributed by atoms with Gasteiger partial charge in [-0.1, -0.05) is 0 Å². The number of ether oxygens (including phenoxy) is 1. The molecule has 0 bridgehead atoms. The summed E-state index contributed by atoms with van der Waals surface area (Å²) in [6.45, 7) is 2.17. The van der Waals surface area contributed by atoms with Gasteiger partial charge >= 0.3 is 5.97 Å². The highest BCUT2D eigenvalue weighted by atomic mass is 32.2. The van der Waals surface area contributed by atoms with E-state index in [0.29, 0.717) is 30.7 Å². The summed E-state index contributed by atoms with van der Waals surface area (Å²) in [7, 11) is 1.58. The number of aromatic nitrogens is 1. The molecular formula is C25H29FN2O4S. The van der Waals surface area contributed by atoms with Gasteiger partial charge in [-0.2, -0.15) is 0 Å². The number of fused-ring (bicyclic) bond motifs is 1. The van der Waals surface area contributed by atoms with Crippen LogP contribution in [0.2, 0.25) is 0 Å². The zero-order chi connectivity index (χ0) is 23.2. The van der Waals surface area contributed by atoms with Crippen LogP contribution in [-0.2, 0) is 4.79 Å². The summed E-state index contributed by atoms with van der Waals surface area (Å²) in [6, 6.07) is 9.08. The lowest BCUT2D eigenvalue weighted by atomic mass is 9.81. The third-order valence-electron chi connectivity index (χ3n) is 6.44. The molecule has 0 spiro atoms. The zero-order valence-electron chi connectivity index (χ0n) is 18.7. The molecule has 1 fully saturated rings. The van der Waals surface area contributed by atoms with Crippen LogP contribution in [0.25, 0.3) is 10.9 Å². The number of aliphatic carboxylic acids is 1. The normalized spacial score (nSPS) is 20.1. The van der Waals surface area contributed by atoms with Crippen LogP contribution in [0.1, 0.15) is 31.0 Å². The van der Waals surface area contributed by atoms with Crippen molar-refractivity contribution in [3.8, 4) is 5.75 Å². The second-order valence-corrected chi connectivity index (χ2v) is 9.60. The highest BCUT2D eigenvalue weighted by Gasteiger charge is 2.34. The number of carboxylic acid groups (broad SMARTS) is 1. The van der Waals surface area contributed by atoms with Crippen LogP contribution < -0.4 is 4.74 Å². The lowest BCUT2D eigenvalue weighted by Gasteiger charge is -2.36. The summed E-state index contributed by atoms with van der Waals surface area (Å²) < 4.78 is 25.7. The molecule has 4 rings (SSSR count). The molecule has 1 unspecified atom stereocenters. The molecule has 1 aliphatic rings. The number of alkyl halides is 1. The number of rotatable bonds is 10. The van der Waals surface area contributed by atoms with E-state index in [1.54, 1.807) is 43.7 Å². The molecule has 2 aromatic heterocycles. The van der Waals surface area contributed by atoms with Crippen molar-refractivity contribution in [3.05, 3.63) is 54.6 Å². The van der Waals surface area contributed by atoms with Crippen molar-refractivity contribution in [2.45, 2.75) is 30.3 Å². The Kier molecular flexibility index (Phi) is 7.88.